The number of ether oxygens (including phenoxy) is 2. The van der Waals surface area contributed by atoms with Crippen molar-refractivity contribution < 1.29 is 22.7 Å². The number of benzene rings is 2. The highest BCUT2D eigenvalue weighted by Gasteiger charge is 2.31. The van der Waals surface area contributed by atoms with Crippen LogP contribution in [-0.2, 0) is 21.2 Å². The Bertz CT molecular complexity index is 1020. The minimum Gasteiger partial charge on any atom is -0.497 e. The molecule has 3 rings (SSSR count). The summed E-state index contributed by atoms with van der Waals surface area (Å²) in [6.07, 6.45) is 0.619. The number of rotatable bonds is 5. The lowest BCUT2D eigenvalue weighted by Gasteiger charge is -2.23. The van der Waals surface area contributed by atoms with Crippen LogP contribution in [0.3, 0.4) is 0 Å². The first-order valence-corrected chi connectivity index (χ1v) is 10.3. The van der Waals surface area contributed by atoms with E-state index in [1.54, 1.807) is 35.2 Å². The Morgan fingerprint density at radius 1 is 1.14 bits per heavy atom. The summed E-state index contributed by atoms with van der Waals surface area (Å²) in [5, 5.41) is 0. The summed E-state index contributed by atoms with van der Waals surface area (Å²) < 4.78 is 38.1. The number of fused-ring (bicyclic) bond motifs is 1. The number of carbonyl (C=O) groups is 1. The first kappa shape index (κ1) is 20.0. The lowest BCUT2D eigenvalue weighted by Crippen LogP contribution is -2.33. The zero-order valence-corrected chi connectivity index (χ0v) is 17.4. The lowest BCUT2D eigenvalue weighted by molar-refractivity contribution is -0.116. The van der Waals surface area contributed by atoms with Crippen molar-refractivity contribution in [3.63, 3.8) is 0 Å². The van der Waals surface area contributed by atoms with Gasteiger partial charge in [0, 0.05) is 31.8 Å². The maximum Gasteiger partial charge on any atom is 0.264 e. The Balaban J connectivity index is 2.00. The molecular weight excluding hydrogens is 380 g/mol. The molecule has 1 heterocycles. The van der Waals surface area contributed by atoms with E-state index in [4.69, 9.17) is 9.47 Å². The quantitative estimate of drug-likeness (QED) is 0.766. The van der Waals surface area contributed by atoms with Gasteiger partial charge in [-0.15, -0.1) is 0 Å². The van der Waals surface area contributed by atoms with Crippen LogP contribution in [0.1, 0.15) is 19.4 Å². The molecule has 1 aliphatic rings. The second-order valence-corrected chi connectivity index (χ2v) is 8.71. The molecule has 2 aromatic carbocycles. The molecule has 0 N–H and O–H groups in total. The highest BCUT2D eigenvalue weighted by Crippen LogP contribution is 2.37. The molecule has 8 heteroatoms. The molecule has 1 aliphatic heterocycles. The second kappa shape index (κ2) is 7.35. The SMILES string of the molecule is COc1ccc(N(C)S(=O)(=O)c2ccc3c(c2)CC(C)N3C(C)=O)c(OC)c1. The van der Waals surface area contributed by atoms with Gasteiger partial charge in [0.25, 0.3) is 10.0 Å². The molecule has 0 aliphatic carbocycles. The van der Waals surface area contributed by atoms with Gasteiger partial charge in [-0.2, -0.15) is 0 Å². The fourth-order valence-electron chi connectivity index (χ4n) is 3.58. The van der Waals surface area contributed by atoms with Crippen LogP contribution < -0.4 is 18.7 Å². The van der Waals surface area contributed by atoms with E-state index in [0.717, 1.165) is 11.3 Å². The molecule has 1 unspecified atom stereocenters. The van der Waals surface area contributed by atoms with Gasteiger partial charge in [0.1, 0.15) is 11.5 Å². The number of sulfonamides is 1. The van der Waals surface area contributed by atoms with Crippen LogP contribution in [-0.4, -0.2) is 41.6 Å². The minimum atomic E-state index is -3.81. The van der Waals surface area contributed by atoms with Gasteiger partial charge in [-0.3, -0.25) is 9.10 Å². The smallest absolute Gasteiger partial charge is 0.264 e. The minimum absolute atomic E-state index is 0.00451. The highest BCUT2D eigenvalue weighted by molar-refractivity contribution is 7.92. The van der Waals surface area contributed by atoms with Crippen molar-refractivity contribution in [3.8, 4) is 11.5 Å². The van der Waals surface area contributed by atoms with E-state index >= 15 is 0 Å². The van der Waals surface area contributed by atoms with Crippen LogP contribution >= 0.6 is 0 Å². The van der Waals surface area contributed by atoms with E-state index < -0.39 is 10.0 Å². The Morgan fingerprint density at radius 2 is 1.86 bits per heavy atom. The van der Waals surface area contributed by atoms with Crippen LogP contribution in [0.5, 0.6) is 11.5 Å². The van der Waals surface area contributed by atoms with E-state index in [-0.39, 0.29) is 16.8 Å². The summed E-state index contributed by atoms with van der Waals surface area (Å²) in [5.74, 6) is 0.909. The summed E-state index contributed by atoms with van der Waals surface area (Å²) in [4.78, 5) is 13.8. The molecule has 1 atom stereocenters. The van der Waals surface area contributed by atoms with E-state index in [0.29, 0.717) is 23.6 Å². The average molecular weight is 404 g/mol. The molecule has 0 saturated carbocycles. The predicted molar refractivity (Wildman–Crippen MR) is 108 cm³/mol. The van der Waals surface area contributed by atoms with Gasteiger partial charge in [0.2, 0.25) is 5.91 Å². The predicted octanol–water partition coefficient (Wildman–Crippen LogP) is 2.83. The lowest BCUT2D eigenvalue weighted by atomic mass is 10.1. The molecule has 0 bridgehead atoms. The van der Waals surface area contributed by atoms with E-state index in [2.05, 4.69) is 0 Å². The molecule has 0 fully saturated rings. The normalized spacial score (nSPS) is 15.9. The van der Waals surface area contributed by atoms with Crippen LogP contribution in [0.25, 0.3) is 0 Å². The summed E-state index contributed by atoms with van der Waals surface area (Å²) in [6.45, 7) is 3.46. The molecule has 0 saturated heterocycles. The molecule has 2 aromatic rings. The van der Waals surface area contributed by atoms with Crippen molar-refractivity contribution in [1.29, 1.82) is 0 Å². The molecular formula is C20H24N2O5S. The maximum absolute atomic E-state index is 13.2. The number of hydrogen-bond donors (Lipinski definition) is 0. The van der Waals surface area contributed by atoms with Crippen molar-refractivity contribution >= 4 is 27.3 Å². The van der Waals surface area contributed by atoms with Crippen molar-refractivity contribution in [2.45, 2.75) is 31.2 Å². The largest absolute Gasteiger partial charge is 0.497 e. The van der Waals surface area contributed by atoms with Crippen LogP contribution in [0, 0.1) is 0 Å². The standard InChI is InChI=1S/C20H24N2O5S/c1-13-10-15-11-17(7-9-18(15)22(13)14(2)23)28(24,25)21(3)19-8-6-16(26-4)12-20(19)27-5/h6-9,11-13H,10H2,1-5H3. The molecule has 7 nitrogen and oxygen atoms in total. The summed E-state index contributed by atoms with van der Waals surface area (Å²) in [7, 11) is 0.682. The summed E-state index contributed by atoms with van der Waals surface area (Å²) >= 11 is 0. The van der Waals surface area contributed by atoms with Gasteiger partial charge in [-0.25, -0.2) is 8.42 Å². The van der Waals surface area contributed by atoms with Crippen LogP contribution in [0.4, 0.5) is 11.4 Å². The van der Waals surface area contributed by atoms with E-state index in [1.165, 1.54) is 38.6 Å². The number of nitrogens with zero attached hydrogens (tertiary/aromatic N) is 2. The van der Waals surface area contributed by atoms with Crippen molar-refractivity contribution in [3.05, 3.63) is 42.0 Å². The second-order valence-electron chi connectivity index (χ2n) is 6.74. The van der Waals surface area contributed by atoms with Crippen LogP contribution in [0.2, 0.25) is 0 Å². The maximum atomic E-state index is 13.2. The topological polar surface area (TPSA) is 76.2 Å². The van der Waals surface area contributed by atoms with Crippen molar-refractivity contribution in [2.75, 3.05) is 30.5 Å². The van der Waals surface area contributed by atoms with Gasteiger partial charge in [0.05, 0.1) is 24.8 Å². The Labute approximate surface area is 165 Å². The van der Waals surface area contributed by atoms with Crippen LogP contribution in [0.15, 0.2) is 41.3 Å². The first-order chi connectivity index (χ1) is 13.2. The van der Waals surface area contributed by atoms with Gasteiger partial charge < -0.3 is 14.4 Å². The molecule has 0 radical (unpaired) electrons. The fraction of sp³-hybridized carbons (Fsp3) is 0.350. The van der Waals surface area contributed by atoms with Crippen molar-refractivity contribution in [1.82, 2.24) is 0 Å². The third-order valence-electron chi connectivity index (χ3n) is 4.99. The van der Waals surface area contributed by atoms with Gasteiger partial charge in [-0.05, 0) is 49.2 Å². The fourth-order valence-corrected chi connectivity index (χ4v) is 4.84. The average Bonchev–Trinajstić information content (AvgIpc) is 3.01. The number of amides is 1. The molecule has 1 amide bonds. The first-order valence-electron chi connectivity index (χ1n) is 8.84. The number of methoxy groups -OCH3 is 2. The Kier molecular flexibility index (Phi) is 5.25. The van der Waals surface area contributed by atoms with Gasteiger partial charge in [-0.1, -0.05) is 0 Å². The molecule has 28 heavy (non-hydrogen) atoms. The zero-order chi connectivity index (χ0) is 20.6. The third-order valence-corrected chi connectivity index (χ3v) is 6.76. The monoisotopic (exact) mass is 404 g/mol. The highest BCUT2D eigenvalue weighted by atomic mass is 32.2. The summed E-state index contributed by atoms with van der Waals surface area (Å²) in [5.41, 5.74) is 2.02. The number of anilines is 2. The Hall–Kier alpha value is -2.74. The zero-order valence-electron chi connectivity index (χ0n) is 16.6. The van der Waals surface area contributed by atoms with E-state index in [9.17, 15) is 13.2 Å². The molecule has 0 spiro atoms. The number of carbonyl (C=O) groups excluding carboxylic acids is 1. The van der Waals surface area contributed by atoms with Crippen molar-refractivity contribution in [2.24, 2.45) is 0 Å². The molecule has 150 valence electrons. The number of hydrogen-bond acceptors (Lipinski definition) is 5. The molecule has 0 aromatic heterocycles. The third kappa shape index (κ3) is 3.28. The Morgan fingerprint density at radius 3 is 2.46 bits per heavy atom. The van der Waals surface area contributed by atoms with Gasteiger partial charge in [0.15, 0.2) is 0 Å². The van der Waals surface area contributed by atoms with E-state index in [1.807, 2.05) is 6.92 Å². The van der Waals surface area contributed by atoms with Gasteiger partial charge >= 0.3 is 0 Å². The summed E-state index contributed by atoms with van der Waals surface area (Å²) in [6, 6.07) is 9.85.